The highest BCUT2D eigenvalue weighted by Gasteiger charge is 2.20. The van der Waals surface area contributed by atoms with E-state index in [1.54, 1.807) is 38.1 Å². The van der Waals surface area contributed by atoms with Gasteiger partial charge in [0.15, 0.2) is 5.82 Å². The molecule has 0 unspecified atom stereocenters. The number of sulfonamides is 2. The van der Waals surface area contributed by atoms with Crippen LogP contribution in [0.15, 0.2) is 94.7 Å². The monoisotopic (exact) mass is 570 g/mol. The molecular formula is C27H23FN2O7S2. The van der Waals surface area contributed by atoms with E-state index in [2.05, 4.69) is 9.44 Å². The Morgan fingerprint density at radius 3 is 1.59 bits per heavy atom. The van der Waals surface area contributed by atoms with Crippen LogP contribution in [0.5, 0.6) is 11.5 Å². The molecule has 0 amide bonds. The van der Waals surface area contributed by atoms with E-state index >= 15 is 0 Å². The van der Waals surface area contributed by atoms with E-state index in [1.165, 1.54) is 48.5 Å². The van der Waals surface area contributed by atoms with Gasteiger partial charge in [-0.1, -0.05) is 35.4 Å². The SMILES string of the molecule is Cc1ccc(S(=O)(=O)Nc2ccc(Oc3ccc(NS(=O)(=O)c4ccc(C)cc4)c(C(=O)O)c3)cc2F)cc1. The van der Waals surface area contributed by atoms with Gasteiger partial charge in [-0.3, -0.25) is 9.44 Å². The van der Waals surface area contributed by atoms with E-state index < -0.39 is 37.4 Å². The number of hydrogen-bond donors (Lipinski definition) is 3. The Bertz CT molecular complexity index is 1760. The Hall–Kier alpha value is -4.42. The second-order valence-corrected chi connectivity index (χ2v) is 12.0. The van der Waals surface area contributed by atoms with Crippen molar-refractivity contribution in [3.63, 3.8) is 0 Å². The van der Waals surface area contributed by atoms with Gasteiger partial charge in [0.25, 0.3) is 20.0 Å². The summed E-state index contributed by atoms with van der Waals surface area (Å²) in [5.41, 5.74) is 0.822. The summed E-state index contributed by atoms with van der Waals surface area (Å²) in [6, 6.07) is 19.1. The molecule has 0 aromatic heterocycles. The Morgan fingerprint density at radius 1 is 0.692 bits per heavy atom. The smallest absolute Gasteiger partial charge is 0.337 e. The fraction of sp³-hybridized carbons (Fsp3) is 0.0741. The summed E-state index contributed by atoms with van der Waals surface area (Å²) in [6.07, 6.45) is 0. The number of anilines is 2. The molecule has 0 heterocycles. The van der Waals surface area contributed by atoms with Crippen molar-refractivity contribution in [1.82, 2.24) is 0 Å². The number of nitrogens with one attached hydrogen (secondary N) is 2. The molecule has 202 valence electrons. The van der Waals surface area contributed by atoms with Gasteiger partial charge in [0.1, 0.15) is 11.5 Å². The third-order valence-corrected chi connectivity index (χ3v) is 8.31. The maximum atomic E-state index is 14.7. The number of hydrogen-bond acceptors (Lipinski definition) is 6. The van der Waals surface area contributed by atoms with Gasteiger partial charge in [0.05, 0.1) is 26.7 Å². The standard InChI is InChI=1S/C27H23FN2O7S2/c1-17-3-9-21(10-4-17)38(33,34)29-25-13-7-19(15-23(25)27(31)32)37-20-8-14-26(24(28)16-20)30-39(35,36)22-11-5-18(2)6-12-22/h3-16,29-30H,1-2H3,(H,31,32). The predicted octanol–water partition coefficient (Wildman–Crippen LogP) is 5.53. The maximum absolute atomic E-state index is 14.7. The summed E-state index contributed by atoms with van der Waals surface area (Å²) in [7, 11) is -8.10. The number of ether oxygens (including phenoxy) is 1. The van der Waals surface area contributed by atoms with E-state index in [-0.39, 0.29) is 32.7 Å². The number of aryl methyl sites for hydroxylation is 2. The van der Waals surface area contributed by atoms with E-state index in [1.807, 2.05) is 0 Å². The summed E-state index contributed by atoms with van der Waals surface area (Å²) in [5, 5.41) is 9.64. The van der Waals surface area contributed by atoms with Crippen LogP contribution in [0.1, 0.15) is 21.5 Å². The lowest BCUT2D eigenvalue weighted by Gasteiger charge is -2.14. The van der Waals surface area contributed by atoms with Crippen LogP contribution in [0.2, 0.25) is 0 Å². The maximum Gasteiger partial charge on any atom is 0.337 e. The van der Waals surface area contributed by atoms with Crippen LogP contribution in [0.3, 0.4) is 0 Å². The zero-order chi connectivity index (χ0) is 28.4. The minimum absolute atomic E-state index is 0.0157. The molecule has 4 aromatic rings. The highest BCUT2D eigenvalue weighted by molar-refractivity contribution is 7.93. The first-order valence-electron chi connectivity index (χ1n) is 11.4. The number of halogens is 1. The van der Waals surface area contributed by atoms with Crippen molar-refractivity contribution in [2.75, 3.05) is 9.44 Å². The van der Waals surface area contributed by atoms with E-state index in [4.69, 9.17) is 4.74 Å². The van der Waals surface area contributed by atoms with E-state index in [0.717, 1.165) is 23.3 Å². The Kier molecular flexibility index (Phi) is 7.61. The van der Waals surface area contributed by atoms with E-state index in [0.29, 0.717) is 0 Å². The van der Waals surface area contributed by atoms with Crippen molar-refractivity contribution >= 4 is 37.4 Å². The van der Waals surface area contributed by atoms with Crippen LogP contribution in [0, 0.1) is 19.7 Å². The summed E-state index contributed by atoms with van der Waals surface area (Å²) in [6.45, 7) is 3.60. The third kappa shape index (κ3) is 6.54. The predicted molar refractivity (Wildman–Crippen MR) is 144 cm³/mol. The third-order valence-electron chi connectivity index (χ3n) is 5.55. The molecule has 0 aliphatic carbocycles. The molecule has 0 spiro atoms. The van der Waals surface area contributed by atoms with Crippen molar-refractivity contribution in [3.05, 3.63) is 107 Å². The molecule has 0 saturated carbocycles. The molecule has 0 radical (unpaired) electrons. The molecule has 9 nitrogen and oxygen atoms in total. The highest BCUT2D eigenvalue weighted by atomic mass is 32.2. The average molecular weight is 571 g/mol. The van der Waals surface area contributed by atoms with Crippen LogP contribution in [-0.2, 0) is 20.0 Å². The second kappa shape index (κ2) is 10.8. The van der Waals surface area contributed by atoms with Gasteiger partial charge in [0.2, 0.25) is 0 Å². The molecule has 0 aliphatic heterocycles. The molecule has 39 heavy (non-hydrogen) atoms. The number of benzene rings is 4. The Balaban J connectivity index is 1.54. The van der Waals surface area contributed by atoms with Gasteiger partial charge in [-0.05, 0) is 68.4 Å². The van der Waals surface area contributed by atoms with Crippen LogP contribution >= 0.6 is 0 Å². The van der Waals surface area contributed by atoms with Crippen LogP contribution < -0.4 is 14.2 Å². The normalized spacial score (nSPS) is 11.6. The summed E-state index contributed by atoms with van der Waals surface area (Å²) < 4.78 is 75.3. The minimum atomic E-state index is -4.07. The molecule has 12 heteroatoms. The number of aromatic carboxylic acids is 1. The van der Waals surface area contributed by atoms with Crippen molar-refractivity contribution in [2.24, 2.45) is 0 Å². The topological polar surface area (TPSA) is 139 Å². The second-order valence-electron chi connectivity index (χ2n) is 8.59. The molecule has 4 rings (SSSR count). The first kappa shape index (κ1) is 27.6. The summed E-state index contributed by atoms with van der Waals surface area (Å²) in [4.78, 5) is 11.8. The average Bonchev–Trinajstić information content (AvgIpc) is 2.87. The van der Waals surface area contributed by atoms with Crippen LogP contribution in [0.4, 0.5) is 15.8 Å². The van der Waals surface area contributed by atoms with Crippen molar-refractivity contribution in [2.45, 2.75) is 23.6 Å². The molecule has 0 saturated heterocycles. The molecule has 0 fully saturated rings. The first-order valence-corrected chi connectivity index (χ1v) is 14.3. The molecule has 4 aromatic carbocycles. The van der Waals surface area contributed by atoms with Crippen LogP contribution in [-0.4, -0.2) is 27.9 Å². The van der Waals surface area contributed by atoms with Gasteiger partial charge in [-0.15, -0.1) is 0 Å². The zero-order valence-corrected chi connectivity index (χ0v) is 22.3. The molecular weight excluding hydrogens is 547 g/mol. The number of carbonyl (C=O) groups is 1. The minimum Gasteiger partial charge on any atom is -0.478 e. The van der Waals surface area contributed by atoms with Crippen molar-refractivity contribution < 1.29 is 35.9 Å². The summed E-state index contributed by atoms with van der Waals surface area (Å²) >= 11 is 0. The largest absolute Gasteiger partial charge is 0.478 e. The quantitative estimate of drug-likeness (QED) is 0.240. The first-order chi connectivity index (χ1) is 18.3. The number of carboxylic acid groups (broad SMARTS) is 1. The fourth-order valence-corrected chi connectivity index (χ4v) is 5.62. The lowest BCUT2D eigenvalue weighted by Crippen LogP contribution is -2.15. The van der Waals surface area contributed by atoms with E-state index in [9.17, 15) is 31.1 Å². The fourth-order valence-electron chi connectivity index (χ4n) is 3.47. The number of rotatable bonds is 9. The summed E-state index contributed by atoms with van der Waals surface area (Å²) in [5.74, 6) is -2.41. The van der Waals surface area contributed by atoms with Crippen molar-refractivity contribution in [3.8, 4) is 11.5 Å². The number of carboxylic acids is 1. The molecule has 0 aliphatic rings. The van der Waals surface area contributed by atoms with Gasteiger partial charge < -0.3 is 9.84 Å². The lowest BCUT2D eigenvalue weighted by atomic mass is 10.2. The highest BCUT2D eigenvalue weighted by Crippen LogP contribution is 2.30. The Morgan fingerprint density at radius 2 is 1.13 bits per heavy atom. The van der Waals surface area contributed by atoms with Gasteiger partial charge >= 0.3 is 5.97 Å². The van der Waals surface area contributed by atoms with Crippen LogP contribution in [0.25, 0.3) is 0 Å². The van der Waals surface area contributed by atoms with Gasteiger partial charge in [0, 0.05) is 6.07 Å². The zero-order valence-electron chi connectivity index (χ0n) is 20.7. The van der Waals surface area contributed by atoms with Gasteiger partial charge in [-0.25, -0.2) is 26.0 Å². The van der Waals surface area contributed by atoms with Gasteiger partial charge in [-0.2, -0.15) is 0 Å². The molecule has 0 atom stereocenters. The molecule has 0 bridgehead atoms. The van der Waals surface area contributed by atoms with Crippen molar-refractivity contribution in [1.29, 1.82) is 0 Å². The molecule has 3 N–H and O–H groups in total. The lowest BCUT2D eigenvalue weighted by molar-refractivity contribution is 0.0697. The Labute approximate surface area is 225 Å².